The van der Waals surface area contributed by atoms with Gasteiger partial charge in [-0.15, -0.1) is 11.3 Å². The van der Waals surface area contributed by atoms with Crippen LogP contribution in [0.15, 0.2) is 41.4 Å². The molecule has 124 valence electrons. The largest absolute Gasteiger partial charge is 0.493 e. The van der Waals surface area contributed by atoms with Gasteiger partial charge in [0.15, 0.2) is 11.5 Å². The molecule has 1 N–H and O–H groups in total. The molecule has 1 aromatic carbocycles. The fraction of sp³-hybridized carbons (Fsp3) is 0.176. The number of likely N-dealkylation sites (N-methyl/N-ethyl adjacent to an activating group) is 1. The first kappa shape index (κ1) is 16.1. The molecule has 2 aromatic rings. The number of nitrogens with zero attached hydrogens (tertiary/aromatic N) is 1. The minimum atomic E-state index is -0.363. The van der Waals surface area contributed by atoms with E-state index in [2.05, 4.69) is 5.32 Å². The predicted molar refractivity (Wildman–Crippen MR) is 92.2 cm³/mol. The zero-order valence-electron chi connectivity index (χ0n) is 13.5. The molecule has 3 rings (SSSR count). The summed E-state index contributed by atoms with van der Waals surface area (Å²) in [4.78, 5) is 26.7. The van der Waals surface area contributed by atoms with Gasteiger partial charge < -0.3 is 14.8 Å². The van der Waals surface area contributed by atoms with Gasteiger partial charge in [-0.3, -0.25) is 14.5 Å². The van der Waals surface area contributed by atoms with Crippen molar-refractivity contribution in [3.8, 4) is 11.5 Å². The van der Waals surface area contributed by atoms with Gasteiger partial charge in [-0.25, -0.2) is 0 Å². The number of amides is 2. The van der Waals surface area contributed by atoms with Crippen LogP contribution >= 0.6 is 11.3 Å². The zero-order chi connectivity index (χ0) is 17.3. The van der Waals surface area contributed by atoms with E-state index in [0.29, 0.717) is 22.8 Å². The third-order valence-electron chi connectivity index (χ3n) is 3.71. The van der Waals surface area contributed by atoms with Crippen molar-refractivity contribution < 1.29 is 19.1 Å². The van der Waals surface area contributed by atoms with Gasteiger partial charge in [0.25, 0.3) is 11.8 Å². The smallest absolute Gasteiger partial charge is 0.277 e. The molecule has 1 aromatic heterocycles. The Morgan fingerprint density at radius 1 is 1.04 bits per heavy atom. The minimum absolute atomic E-state index is 0.261. The van der Waals surface area contributed by atoms with Crippen molar-refractivity contribution in [1.29, 1.82) is 0 Å². The molecular formula is C17H16N2O4S. The van der Waals surface area contributed by atoms with E-state index in [4.69, 9.17) is 9.47 Å². The third kappa shape index (κ3) is 2.63. The summed E-state index contributed by atoms with van der Waals surface area (Å²) in [6.45, 7) is 0. The summed E-state index contributed by atoms with van der Waals surface area (Å²) in [7, 11) is 4.56. The second-order valence-corrected chi connectivity index (χ2v) is 6.04. The Morgan fingerprint density at radius 2 is 1.79 bits per heavy atom. The quantitative estimate of drug-likeness (QED) is 0.845. The van der Waals surface area contributed by atoms with E-state index in [-0.39, 0.29) is 17.5 Å². The maximum atomic E-state index is 12.4. The number of benzene rings is 1. The molecule has 0 saturated carbocycles. The molecular weight excluding hydrogens is 328 g/mol. The first-order chi connectivity index (χ1) is 11.6. The Hall–Kier alpha value is -2.80. The van der Waals surface area contributed by atoms with Crippen LogP contribution in [0.1, 0.15) is 4.88 Å². The van der Waals surface area contributed by atoms with E-state index in [1.807, 2.05) is 17.5 Å². The van der Waals surface area contributed by atoms with Crippen LogP contribution in [0, 0.1) is 0 Å². The van der Waals surface area contributed by atoms with Crippen molar-refractivity contribution in [2.75, 3.05) is 26.6 Å². The molecule has 0 aliphatic carbocycles. The van der Waals surface area contributed by atoms with Crippen LogP contribution in [0.25, 0.3) is 5.57 Å². The van der Waals surface area contributed by atoms with E-state index in [1.54, 1.807) is 25.3 Å². The number of thiophene rings is 1. The first-order valence-corrected chi connectivity index (χ1v) is 8.04. The van der Waals surface area contributed by atoms with Gasteiger partial charge in [0.05, 0.1) is 19.8 Å². The highest BCUT2D eigenvalue weighted by atomic mass is 32.1. The molecule has 0 bridgehead atoms. The van der Waals surface area contributed by atoms with Crippen LogP contribution in [0.3, 0.4) is 0 Å². The molecule has 1 aliphatic heterocycles. The van der Waals surface area contributed by atoms with Gasteiger partial charge in [0, 0.05) is 23.7 Å². The fourth-order valence-electron chi connectivity index (χ4n) is 2.47. The summed E-state index contributed by atoms with van der Waals surface area (Å²) in [5.74, 6) is 0.441. The van der Waals surface area contributed by atoms with Gasteiger partial charge in [-0.05, 0) is 23.6 Å². The number of methoxy groups -OCH3 is 2. The number of anilines is 1. The molecule has 2 amide bonds. The molecule has 0 fully saturated rings. The van der Waals surface area contributed by atoms with Crippen molar-refractivity contribution in [1.82, 2.24) is 4.90 Å². The van der Waals surface area contributed by atoms with Crippen LogP contribution in [-0.2, 0) is 9.59 Å². The molecule has 1 aliphatic rings. The first-order valence-electron chi connectivity index (χ1n) is 7.16. The SMILES string of the molecule is COc1ccc(NC2=C(c3cccs3)C(=O)N(C)C2=O)cc1OC. The molecule has 24 heavy (non-hydrogen) atoms. The van der Waals surface area contributed by atoms with Gasteiger partial charge in [0.2, 0.25) is 0 Å². The predicted octanol–water partition coefficient (Wildman–Crippen LogP) is 2.59. The third-order valence-corrected chi connectivity index (χ3v) is 4.59. The number of hydrogen-bond donors (Lipinski definition) is 1. The molecule has 0 spiro atoms. The molecule has 6 nitrogen and oxygen atoms in total. The van der Waals surface area contributed by atoms with E-state index in [1.165, 1.54) is 25.5 Å². The number of carbonyl (C=O) groups excluding carboxylic acids is 2. The molecule has 0 unspecified atom stereocenters. The second-order valence-electron chi connectivity index (χ2n) is 5.09. The number of ether oxygens (including phenoxy) is 2. The highest BCUT2D eigenvalue weighted by Crippen LogP contribution is 2.34. The lowest BCUT2D eigenvalue weighted by Gasteiger charge is -2.12. The van der Waals surface area contributed by atoms with Crippen LogP contribution in [0.4, 0.5) is 5.69 Å². The average Bonchev–Trinajstić information content (AvgIpc) is 3.19. The lowest BCUT2D eigenvalue weighted by molar-refractivity contribution is -0.135. The summed E-state index contributed by atoms with van der Waals surface area (Å²) in [6.07, 6.45) is 0. The van der Waals surface area contributed by atoms with Gasteiger partial charge in [-0.1, -0.05) is 6.07 Å². The summed E-state index contributed by atoms with van der Waals surface area (Å²) in [5.41, 5.74) is 1.28. The van der Waals surface area contributed by atoms with E-state index in [0.717, 1.165) is 9.78 Å². The Morgan fingerprint density at radius 3 is 2.42 bits per heavy atom. The number of imide groups is 1. The Bertz CT molecular complexity index is 827. The van der Waals surface area contributed by atoms with Gasteiger partial charge in [0.1, 0.15) is 5.70 Å². The molecule has 0 saturated heterocycles. The normalized spacial score (nSPS) is 14.4. The molecule has 0 atom stereocenters. The van der Waals surface area contributed by atoms with Crippen LogP contribution < -0.4 is 14.8 Å². The van der Waals surface area contributed by atoms with E-state index >= 15 is 0 Å². The molecule has 2 heterocycles. The monoisotopic (exact) mass is 344 g/mol. The highest BCUT2D eigenvalue weighted by Gasteiger charge is 2.37. The Kier molecular flexibility index (Phi) is 4.26. The lowest BCUT2D eigenvalue weighted by atomic mass is 10.2. The van der Waals surface area contributed by atoms with E-state index in [9.17, 15) is 9.59 Å². The number of nitrogens with one attached hydrogen (secondary N) is 1. The maximum Gasteiger partial charge on any atom is 0.277 e. The summed E-state index contributed by atoms with van der Waals surface area (Å²) < 4.78 is 10.5. The second kappa shape index (κ2) is 6.37. The zero-order valence-corrected chi connectivity index (χ0v) is 14.3. The van der Waals surface area contributed by atoms with Crippen molar-refractivity contribution in [2.45, 2.75) is 0 Å². The standard InChI is InChI=1S/C17H16N2O4S/c1-19-16(20)14(13-5-4-8-24-13)15(17(19)21)18-10-6-7-11(22-2)12(9-10)23-3/h4-9,18H,1-3H3. The van der Waals surface area contributed by atoms with Crippen molar-refractivity contribution in [2.24, 2.45) is 0 Å². The Balaban J connectivity index is 2.03. The minimum Gasteiger partial charge on any atom is -0.493 e. The average molecular weight is 344 g/mol. The van der Waals surface area contributed by atoms with Crippen LogP contribution in [-0.4, -0.2) is 38.0 Å². The number of carbonyl (C=O) groups is 2. The molecule has 0 radical (unpaired) electrons. The Labute approximate surface area is 143 Å². The van der Waals surface area contributed by atoms with Crippen LogP contribution in [0.2, 0.25) is 0 Å². The fourth-order valence-corrected chi connectivity index (χ4v) is 3.23. The van der Waals surface area contributed by atoms with Crippen LogP contribution in [0.5, 0.6) is 11.5 Å². The lowest BCUT2D eigenvalue weighted by Crippen LogP contribution is -2.27. The number of hydrogen-bond acceptors (Lipinski definition) is 6. The summed E-state index contributed by atoms with van der Waals surface area (Å²) in [6, 6.07) is 8.87. The molecule has 7 heteroatoms. The van der Waals surface area contributed by atoms with Gasteiger partial charge in [-0.2, -0.15) is 0 Å². The van der Waals surface area contributed by atoms with E-state index < -0.39 is 0 Å². The highest BCUT2D eigenvalue weighted by molar-refractivity contribution is 7.11. The van der Waals surface area contributed by atoms with Crippen molar-refractivity contribution in [3.63, 3.8) is 0 Å². The number of rotatable bonds is 5. The maximum absolute atomic E-state index is 12.4. The summed E-state index contributed by atoms with van der Waals surface area (Å²) >= 11 is 1.41. The van der Waals surface area contributed by atoms with Crippen molar-refractivity contribution in [3.05, 3.63) is 46.3 Å². The van der Waals surface area contributed by atoms with Crippen molar-refractivity contribution >= 4 is 34.4 Å². The summed E-state index contributed by atoms with van der Waals surface area (Å²) in [5, 5.41) is 4.92. The topological polar surface area (TPSA) is 67.9 Å². The van der Waals surface area contributed by atoms with Gasteiger partial charge >= 0.3 is 0 Å².